The number of ether oxygens (including phenoxy) is 1. The van der Waals surface area contributed by atoms with E-state index in [2.05, 4.69) is 41.6 Å². The largest absolute Gasteiger partial charge is 0.496 e. The van der Waals surface area contributed by atoms with Crippen LogP contribution < -0.4 is 10.1 Å². The Labute approximate surface area is 120 Å². The van der Waals surface area contributed by atoms with Crippen molar-refractivity contribution in [2.24, 2.45) is 0 Å². The minimum absolute atomic E-state index is 0.264. The van der Waals surface area contributed by atoms with E-state index >= 15 is 0 Å². The summed E-state index contributed by atoms with van der Waals surface area (Å²) in [6.07, 6.45) is 4.60. The van der Waals surface area contributed by atoms with Gasteiger partial charge < -0.3 is 10.1 Å². The molecule has 0 amide bonds. The second-order valence-electron chi connectivity index (χ2n) is 4.94. The van der Waals surface area contributed by atoms with Gasteiger partial charge in [-0.15, -0.1) is 5.10 Å². The molecule has 108 valence electrons. The fourth-order valence-electron chi connectivity index (χ4n) is 2.21. The van der Waals surface area contributed by atoms with Gasteiger partial charge in [0.2, 0.25) is 0 Å². The molecule has 1 N–H and O–H groups in total. The minimum Gasteiger partial charge on any atom is -0.496 e. The normalized spacial score (nSPS) is 12.3. The number of benzene rings is 1. The van der Waals surface area contributed by atoms with Crippen LogP contribution in [0.5, 0.6) is 5.75 Å². The molecule has 1 heterocycles. The van der Waals surface area contributed by atoms with Crippen molar-refractivity contribution in [3.8, 4) is 5.75 Å². The Morgan fingerprint density at radius 2 is 2.25 bits per heavy atom. The highest BCUT2D eigenvalue weighted by atomic mass is 16.5. The molecule has 0 bridgehead atoms. The fraction of sp³-hybridized carbons (Fsp3) is 0.467. The standard InChI is InChI=1S/C15H22N4O/c1-12-5-6-15(20-3)14(11-12)13(2)16-7-4-9-19-10-8-17-18-19/h5-6,8,10-11,13,16H,4,7,9H2,1-3H3. The molecule has 0 fully saturated rings. The first kappa shape index (κ1) is 14.5. The molecule has 0 aliphatic carbocycles. The Kier molecular flexibility index (Phi) is 5.12. The summed E-state index contributed by atoms with van der Waals surface area (Å²) in [6.45, 7) is 6.07. The minimum atomic E-state index is 0.264. The number of nitrogens with zero attached hydrogens (tertiary/aromatic N) is 3. The summed E-state index contributed by atoms with van der Waals surface area (Å²) in [5.41, 5.74) is 2.45. The summed E-state index contributed by atoms with van der Waals surface area (Å²) in [5, 5.41) is 11.3. The van der Waals surface area contributed by atoms with Gasteiger partial charge in [-0.25, -0.2) is 0 Å². The van der Waals surface area contributed by atoms with Crippen LogP contribution in [0, 0.1) is 6.92 Å². The van der Waals surface area contributed by atoms with Gasteiger partial charge in [0.15, 0.2) is 0 Å². The topological polar surface area (TPSA) is 52.0 Å². The highest BCUT2D eigenvalue weighted by Gasteiger charge is 2.10. The molecule has 5 nitrogen and oxygen atoms in total. The molecule has 1 unspecified atom stereocenters. The maximum atomic E-state index is 5.42. The van der Waals surface area contributed by atoms with E-state index < -0.39 is 0 Å². The van der Waals surface area contributed by atoms with Gasteiger partial charge in [-0.3, -0.25) is 4.68 Å². The van der Waals surface area contributed by atoms with Gasteiger partial charge >= 0.3 is 0 Å². The molecule has 1 atom stereocenters. The molecule has 20 heavy (non-hydrogen) atoms. The van der Waals surface area contributed by atoms with Crippen molar-refractivity contribution in [3.63, 3.8) is 0 Å². The van der Waals surface area contributed by atoms with Crippen molar-refractivity contribution in [3.05, 3.63) is 41.7 Å². The third-order valence-electron chi connectivity index (χ3n) is 3.34. The molecular weight excluding hydrogens is 252 g/mol. The lowest BCUT2D eigenvalue weighted by molar-refractivity contribution is 0.400. The molecule has 0 radical (unpaired) electrons. The van der Waals surface area contributed by atoms with Gasteiger partial charge in [0.25, 0.3) is 0 Å². The number of rotatable bonds is 7. The van der Waals surface area contributed by atoms with Crippen LogP contribution >= 0.6 is 0 Å². The average molecular weight is 274 g/mol. The van der Waals surface area contributed by atoms with Gasteiger partial charge in [0.1, 0.15) is 5.75 Å². The monoisotopic (exact) mass is 274 g/mol. The molecule has 2 rings (SSSR count). The number of hydrogen-bond donors (Lipinski definition) is 1. The predicted molar refractivity (Wildman–Crippen MR) is 78.8 cm³/mol. The van der Waals surface area contributed by atoms with Crippen LogP contribution in [0.3, 0.4) is 0 Å². The van der Waals surface area contributed by atoms with Gasteiger partial charge in [0, 0.05) is 24.3 Å². The van der Waals surface area contributed by atoms with Crippen LogP contribution in [-0.4, -0.2) is 28.6 Å². The maximum Gasteiger partial charge on any atom is 0.123 e. The lowest BCUT2D eigenvalue weighted by atomic mass is 10.0. The van der Waals surface area contributed by atoms with E-state index in [1.165, 1.54) is 11.1 Å². The van der Waals surface area contributed by atoms with Crippen molar-refractivity contribution >= 4 is 0 Å². The Morgan fingerprint density at radius 3 is 2.95 bits per heavy atom. The van der Waals surface area contributed by atoms with Crippen molar-refractivity contribution < 1.29 is 4.74 Å². The van der Waals surface area contributed by atoms with Crippen LogP contribution in [-0.2, 0) is 6.54 Å². The lowest BCUT2D eigenvalue weighted by Gasteiger charge is -2.18. The summed E-state index contributed by atoms with van der Waals surface area (Å²) in [6, 6.07) is 6.53. The van der Waals surface area contributed by atoms with Crippen LogP contribution in [0.15, 0.2) is 30.6 Å². The number of nitrogens with one attached hydrogen (secondary N) is 1. The quantitative estimate of drug-likeness (QED) is 0.787. The molecule has 0 aliphatic rings. The highest BCUT2D eigenvalue weighted by Crippen LogP contribution is 2.25. The number of methoxy groups -OCH3 is 1. The molecule has 2 aromatic rings. The third-order valence-corrected chi connectivity index (χ3v) is 3.34. The van der Waals surface area contributed by atoms with Gasteiger partial charge in [-0.05, 0) is 32.9 Å². The fourth-order valence-corrected chi connectivity index (χ4v) is 2.21. The van der Waals surface area contributed by atoms with Gasteiger partial charge in [-0.1, -0.05) is 22.9 Å². The summed E-state index contributed by atoms with van der Waals surface area (Å²) >= 11 is 0. The summed E-state index contributed by atoms with van der Waals surface area (Å²) < 4.78 is 7.27. The van der Waals surface area contributed by atoms with E-state index in [0.717, 1.165) is 25.3 Å². The number of hydrogen-bond acceptors (Lipinski definition) is 4. The molecule has 1 aromatic heterocycles. The van der Waals surface area contributed by atoms with Crippen molar-refractivity contribution in [2.75, 3.05) is 13.7 Å². The van der Waals surface area contributed by atoms with E-state index in [4.69, 9.17) is 4.74 Å². The van der Waals surface area contributed by atoms with Gasteiger partial charge in [0.05, 0.1) is 13.3 Å². The maximum absolute atomic E-state index is 5.42. The van der Waals surface area contributed by atoms with E-state index in [9.17, 15) is 0 Å². The van der Waals surface area contributed by atoms with Crippen LogP contribution in [0.4, 0.5) is 0 Å². The zero-order valence-electron chi connectivity index (χ0n) is 12.3. The molecule has 5 heteroatoms. The molecular formula is C15H22N4O. The summed E-state index contributed by atoms with van der Waals surface area (Å²) in [7, 11) is 1.71. The molecule has 0 spiro atoms. The number of aryl methyl sites for hydroxylation is 2. The zero-order chi connectivity index (χ0) is 14.4. The van der Waals surface area contributed by atoms with E-state index in [1.807, 2.05) is 16.9 Å². The molecule has 0 saturated carbocycles. The lowest BCUT2D eigenvalue weighted by Crippen LogP contribution is -2.21. The smallest absolute Gasteiger partial charge is 0.123 e. The van der Waals surface area contributed by atoms with Crippen LogP contribution in [0.2, 0.25) is 0 Å². The Bertz CT molecular complexity index is 525. The Morgan fingerprint density at radius 1 is 1.40 bits per heavy atom. The summed E-state index contributed by atoms with van der Waals surface area (Å²) in [5.74, 6) is 0.937. The number of aromatic nitrogens is 3. The van der Waals surface area contributed by atoms with Crippen molar-refractivity contribution in [1.29, 1.82) is 0 Å². The third kappa shape index (κ3) is 3.81. The Hall–Kier alpha value is -1.88. The van der Waals surface area contributed by atoms with Crippen molar-refractivity contribution in [2.45, 2.75) is 32.9 Å². The summed E-state index contributed by atoms with van der Waals surface area (Å²) in [4.78, 5) is 0. The average Bonchev–Trinajstić information content (AvgIpc) is 2.96. The highest BCUT2D eigenvalue weighted by molar-refractivity contribution is 5.38. The van der Waals surface area contributed by atoms with Crippen molar-refractivity contribution in [1.82, 2.24) is 20.3 Å². The van der Waals surface area contributed by atoms with Crippen LogP contribution in [0.25, 0.3) is 0 Å². The zero-order valence-corrected chi connectivity index (χ0v) is 12.3. The molecule has 0 aliphatic heterocycles. The van der Waals surface area contributed by atoms with E-state index in [-0.39, 0.29) is 6.04 Å². The molecule has 1 aromatic carbocycles. The SMILES string of the molecule is COc1ccc(C)cc1C(C)NCCCn1ccnn1. The first-order chi connectivity index (χ1) is 9.70. The second kappa shape index (κ2) is 7.05. The molecule has 0 saturated heterocycles. The van der Waals surface area contributed by atoms with Gasteiger partial charge in [-0.2, -0.15) is 0 Å². The first-order valence-electron chi connectivity index (χ1n) is 6.92. The first-order valence-corrected chi connectivity index (χ1v) is 6.92. The second-order valence-corrected chi connectivity index (χ2v) is 4.94. The predicted octanol–water partition coefficient (Wildman–Crippen LogP) is 2.34. The van der Waals surface area contributed by atoms with Crippen LogP contribution in [0.1, 0.15) is 30.5 Å². The van der Waals surface area contributed by atoms with E-state index in [0.29, 0.717) is 0 Å². The Balaban J connectivity index is 1.85. The van der Waals surface area contributed by atoms with E-state index in [1.54, 1.807) is 13.3 Å².